The number of amides is 1. The fourth-order valence-corrected chi connectivity index (χ4v) is 3.09. The molecule has 2 fully saturated rings. The number of carbonyl (C=O) groups excluding carboxylic acids is 1. The summed E-state index contributed by atoms with van der Waals surface area (Å²) in [5.74, 6) is 0.898. The van der Waals surface area contributed by atoms with Crippen LogP contribution in [0.15, 0.2) is 24.3 Å². The summed E-state index contributed by atoms with van der Waals surface area (Å²) >= 11 is 0. The van der Waals surface area contributed by atoms with Crippen LogP contribution in [0.1, 0.15) is 31.4 Å². The van der Waals surface area contributed by atoms with Crippen LogP contribution < -0.4 is 0 Å². The summed E-state index contributed by atoms with van der Waals surface area (Å²) in [6.07, 6.45) is 1.89. The predicted molar refractivity (Wildman–Crippen MR) is 73.6 cm³/mol. The molecule has 0 spiro atoms. The molecule has 1 saturated carbocycles. The van der Waals surface area contributed by atoms with Gasteiger partial charge in [-0.3, -0.25) is 4.79 Å². The van der Waals surface area contributed by atoms with Crippen molar-refractivity contribution in [3.05, 3.63) is 35.6 Å². The molecule has 4 heteroatoms. The molecule has 108 valence electrons. The van der Waals surface area contributed by atoms with Crippen molar-refractivity contribution in [3.63, 3.8) is 0 Å². The lowest BCUT2D eigenvalue weighted by Gasteiger charge is -2.39. The van der Waals surface area contributed by atoms with Gasteiger partial charge in [0.2, 0.25) is 5.91 Å². The maximum atomic E-state index is 12.9. The normalized spacial score (nSPS) is 29.9. The van der Waals surface area contributed by atoms with Crippen molar-refractivity contribution in [2.45, 2.75) is 25.9 Å². The standard InChI is InChI=1S/C16H20FNO2/c1-11-8-13(9-11)16(19)18-6-7-20-15(10-18)12-2-4-14(17)5-3-12/h2-5,11,13,15H,6-10H2,1H3. The van der Waals surface area contributed by atoms with Crippen LogP contribution in [0, 0.1) is 17.7 Å². The third-order valence-corrected chi connectivity index (χ3v) is 4.34. The third kappa shape index (κ3) is 2.70. The number of hydrogen-bond acceptors (Lipinski definition) is 2. The van der Waals surface area contributed by atoms with Gasteiger partial charge >= 0.3 is 0 Å². The van der Waals surface area contributed by atoms with Gasteiger partial charge < -0.3 is 9.64 Å². The Morgan fingerprint density at radius 2 is 2.00 bits per heavy atom. The van der Waals surface area contributed by atoms with Crippen LogP contribution in [0.2, 0.25) is 0 Å². The van der Waals surface area contributed by atoms with Gasteiger partial charge in [-0.25, -0.2) is 4.39 Å². The van der Waals surface area contributed by atoms with Crippen molar-refractivity contribution in [2.75, 3.05) is 19.7 Å². The second-order valence-corrected chi connectivity index (χ2v) is 5.97. The van der Waals surface area contributed by atoms with Crippen molar-refractivity contribution in [1.29, 1.82) is 0 Å². The number of nitrogens with zero attached hydrogens (tertiary/aromatic N) is 1. The van der Waals surface area contributed by atoms with Crippen LogP contribution in [-0.4, -0.2) is 30.5 Å². The molecule has 0 N–H and O–H groups in total. The Morgan fingerprint density at radius 3 is 2.65 bits per heavy atom. The predicted octanol–water partition coefficient (Wildman–Crippen LogP) is 2.77. The van der Waals surface area contributed by atoms with Crippen molar-refractivity contribution < 1.29 is 13.9 Å². The Balaban J connectivity index is 1.64. The molecular weight excluding hydrogens is 257 g/mol. The lowest BCUT2D eigenvalue weighted by molar-refractivity contribution is -0.147. The van der Waals surface area contributed by atoms with Crippen LogP contribution in [-0.2, 0) is 9.53 Å². The summed E-state index contributed by atoms with van der Waals surface area (Å²) in [6.45, 7) is 3.98. The smallest absolute Gasteiger partial charge is 0.225 e. The number of carbonyl (C=O) groups is 1. The zero-order valence-corrected chi connectivity index (χ0v) is 11.7. The van der Waals surface area contributed by atoms with Crippen molar-refractivity contribution in [2.24, 2.45) is 11.8 Å². The average molecular weight is 277 g/mol. The molecule has 0 radical (unpaired) electrons. The molecule has 1 aromatic carbocycles. The molecule has 1 heterocycles. The average Bonchev–Trinajstić information content (AvgIpc) is 2.44. The van der Waals surface area contributed by atoms with E-state index in [4.69, 9.17) is 4.74 Å². The largest absolute Gasteiger partial charge is 0.370 e. The zero-order chi connectivity index (χ0) is 14.1. The van der Waals surface area contributed by atoms with Crippen molar-refractivity contribution >= 4 is 5.91 Å². The Kier molecular flexibility index (Phi) is 3.74. The van der Waals surface area contributed by atoms with E-state index in [1.807, 2.05) is 4.90 Å². The van der Waals surface area contributed by atoms with Gasteiger partial charge in [-0.15, -0.1) is 0 Å². The quantitative estimate of drug-likeness (QED) is 0.832. The van der Waals surface area contributed by atoms with Crippen LogP contribution in [0.5, 0.6) is 0 Å². The minimum absolute atomic E-state index is 0.134. The van der Waals surface area contributed by atoms with E-state index in [0.29, 0.717) is 25.6 Å². The van der Waals surface area contributed by atoms with E-state index in [1.165, 1.54) is 12.1 Å². The molecular formula is C16H20FNO2. The highest BCUT2D eigenvalue weighted by molar-refractivity contribution is 5.79. The lowest BCUT2D eigenvalue weighted by atomic mass is 9.75. The monoisotopic (exact) mass is 277 g/mol. The topological polar surface area (TPSA) is 29.5 Å². The number of hydrogen-bond donors (Lipinski definition) is 0. The minimum atomic E-state index is -0.249. The van der Waals surface area contributed by atoms with Gasteiger partial charge in [0.15, 0.2) is 0 Å². The SMILES string of the molecule is CC1CC(C(=O)N2CCOC(c3ccc(F)cc3)C2)C1. The maximum absolute atomic E-state index is 12.9. The minimum Gasteiger partial charge on any atom is -0.370 e. The molecule has 1 saturated heterocycles. The second-order valence-electron chi connectivity index (χ2n) is 5.97. The Bertz CT molecular complexity index is 482. The number of morpholine rings is 1. The summed E-state index contributed by atoms with van der Waals surface area (Å²) in [5, 5.41) is 0. The van der Waals surface area contributed by atoms with Gasteiger partial charge in [0, 0.05) is 12.5 Å². The molecule has 0 bridgehead atoms. The van der Waals surface area contributed by atoms with Crippen molar-refractivity contribution in [1.82, 2.24) is 4.90 Å². The number of halogens is 1. The van der Waals surface area contributed by atoms with Crippen LogP contribution >= 0.6 is 0 Å². The summed E-state index contributed by atoms with van der Waals surface area (Å²) in [6, 6.07) is 6.35. The van der Waals surface area contributed by atoms with Gasteiger partial charge in [0.1, 0.15) is 11.9 Å². The fraction of sp³-hybridized carbons (Fsp3) is 0.562. The summed E-state index contributed by atoms with van der Waals surface area (Å²) in [4.78, 5) is 14.3. The van der Waals surface area contributed by atoms with Crippen LogP contribution in [0.4, 0.5) is 4.39 Å². The van der Waals surface area contributed by atoms with Gasteiger partial charge in [-0.05, 0) is 36.5 Å². The molecule has 1 atom stereocenters. The first kappa shape index (κ1) is 13.6. The van der Waals surface area contributed by atoms with E-state index in [1.54, 1.807) is 12.1 Å². The summed E-state index contributed by atoms with van der Waals surface area (Å²) in [5.41, 5.74) is 0.936. The molecule has 0 aromatic heterocycles. The second kappa shape index (κ2) is 5.52. The van der Waals surface area contributed by atoms with Gasteiger partial charge in [-0.1, -0.05) is 19.1 Å². The summed E-state index contributed by atoms with van der Waals surface area (Å²) < 4.78 is 18.7. The lowest BCUT2D eigenvalue weighted by Crippen LogP contribution is -2.47. The van der Waals surface area contributed by atoms with Gasteiger partial charge in [0.05, 0.1) is 13.2 Å². The highest BCUT2D eigenvalue weighted by Gasteiger charge is 2.36. The van der Waals surface area contributed by atoms with E-state index >= 15 is 0 Å². The molecule has 3 nitrogen and oxygen atoms in total. The van der Waals surface area contributed by atoms with E-state index in [0.717, 1.165) is 18.4 Å². The van der Waals surface area contributed by atoms with Crippen molar-refractivity contribution in [3.8, 4) is 0 Å². The molecule has 3 rings (SSSR count). The summed E-state index contributed by atoms with van der Waals surface area (Å²) in [7, 11) is 0. The first-order valence-corrected chi connectivity index (χ1v) is 7.29. The number of ether oxygens (including phenoxy) is 1. The third-order valence-electron chi connectivity index (χ3n) is 4.34. The maximum Gasteiger partial charge on any atom is 0.225 e. The molecule has 1 amide bonds. The first-order valence-electron chi connectivity index (χ1n) is 7.29. The Morgan fingerprint density at radius 1 is 1.30 bits per heavy atom. The van der Waals surface area contributed by atoms with E-state index in [-0.39, 0.29) is 23.7 Å². The highest BCUT2D eigenvalue weighted by atomic mass is 19.1. The Labute approximate surface area is 118 Å². The molecule has 1 aliphatic heterocycles. The van der Waals surface area contributed by atoms with Crippen LogP contribution in [0.3, 0.4) is 0 Å². The zero-order valence-electron chi connectivity index (χ0n) is 11.7. The van der Waals surface area contributed by atoms with Gasteiger partial charge in [0.25, 0.3) is 0 Å². The molecule has 2 aliphatic rings. The van der Waals surface area contributed by atoms with E-state index < -0.39 is 0 Å². The molecule has 20 heavy (non-hydrogen) atoms. The number of rotatable bonds is 2. The first-order chi connectivity index (χ1) is 9.63. The molecule has 1 unspecified atom stereocenters. The number of benzene rings is 1. The van der Waals surface area contributed by atoms with E-state index in [2.05, 4.69) is 6.92 Å². The van der Waals surface area contributed by atoms with Crippen LogP contribution in [0.25, 0.3) is 0 Å². The highest BCUT2D eigenvalue weighted by Crippen LogP contribution is 2.35. The Hall–Kier alpha value is -1.42. The fourth-order valence-electron chi connectivity index (χ4n) is 3.09. The molecule has 1 aliphatic carbocycles. The molecule has 1 aromatic rings. The van der Waals surface area contributed by atoms with E-state index in [9.17, 15) is 9.18 Å². The van der Waals surface area contributed by atoms with Gasteiger partial charge in [-0.2, -0.15) is 0 Å².